The summed E-state index contributed by atoms with van der Waals surface area (Å²) in [4.78, 5) is 27.5. The fourth-order valence-corrected chi connectivity index (χ4v) is 3.22. The van der Waals surface area contributed by atoms with E-state index in [1.807, 2.05) is 28.9 Å². The van der Waals surface area contributed by atoms with Crippen molar-refractivity contribution in [1.29, 1.82) is 0 Å². The Hall–Kier alpha value is -3.81. The zero-order valence-corrected chi connectivity index (χ0v) is 14.8. The Kier molecular flexibility index (Phi) is 3.75. The maximum atomic E-state index is 12.7. The van der Waals surface area contributed by atoms with Crippen LogP contribution in [0.3, 0.4) is 0 Å². The third-order valence-electron chi connectivity index (χ3n) is 4.76. The van der Waals surface area contributed by atoms with Gasteiger partial charge >= 0.3 is 0 Å². The molecule has 0 spiro atoms. The Bertz CT molecular complexity index is 1250. The summed E-state index contributed by atoms with van der Waals surface area (Å²) in [6.07, 6.45) is 2.15. The van der Waals surface area contributed by atoms with Crippen molar-refractivity contribution in [2.75, 3.05) is 5.32 Å². The molecule has 1 aliphatic carbocycles. The second-order valence-corrected chi connectivity index (χ2v) is 6.81. The second-order valence-electron chi connectivity index (χ2n) is 6.81. The van der Waals surface area contributed by atoms with Crippen LogP contribution in [0.25, 0.3) is 22.2 Å². The minimum Gasteiger partial charge on any atom is -0.321 e. The van der Waals surface area contributed by atoms with Gasteiger partial charge in [0.2, 0.25) is 0 Å². The zero-order valence-electron chi connectivity index (χ0n) is 14.8. The highest BCUT2D eigenvalue weighted by Gasteiger charge is 2.28. The Labute approximate surface area is 159 Å². The molecule has 8 heteroatoms. The van der Waals surface area contributed by atoms with Crippen LogP contribution in [0.5, 0.6) is 0 Å². The first kappa shape index (κ1) is 16.4. The Morgan fingerprint density at radius 2 is 1.96 bits per heavy atom. The van der Waals surface area contributed by atoms with Gasteiger partial charge in [-0.15, -0.1) is 5.10 Å². The zero-order chi connectivity index (χ0) is 19.1. The summed E-state index contributed by atoms with van der Waals surface area (Å²) >= 11 is 0. The van der Waals surface area contributed by atoms with E-state index in [-0.39, 0.29) is 17.2 Å². The van der Waals surface area contributed by atoms with Crippen LogP contribution < -0.4 is 10.9 Å². The monoisotopic (exact) mass is 372 g/mol. The molecule has 0 bridgehead atoms. The van der Waals surface area contributed by atoms with Crippen molar-refractivity contribution in [2.24, 2.45) is 0 Å². The predicted octanol–water partition coefficient (Wildman–Crippen LogP) is 2.77. The third-order valence-corrected chi connectivity index (χ3v) is 4.76. The maximum absolute atomic E-state index is 12.7. The third kappa shape index (κ3) is 2.94. The standard InChI is InChI=1S/C20H16N6O2/c27-19-16-7-2-1-4-12(16)11-17(22-19)20(28)21-14-6-3-5-13(10-14)18-23-24-25-26(18)15-8-9-15/h1-7,10-11,15H,8-9H2,(H,21,28)(H,22,27). The number of benzene rings is 2. The van der Waals surface area contributed by atoms with Crippen LogP contribution >= 0.6 is 0 Å². The highest BCUT2D eigenvalue weighted by atomic mass is 16.2. The van der Waals surface area contributed by atoms with E-state index in [0.717, 1.165) is 18.4 Å². The molecule has 0 saturated heterocycles. The average Bonchev–Trinajstić information content (AvgIpc) is 3.44. The van der Waals surface area contributed by atoms with E-state index in [1.165, 1.54) is 0 Å². The fraction of sp³-hybridized carbons (Fsp3) is 0.150. The highest BCUT2D eigenvalue weighted by Crippen LogP contribution is 2.36. The number of aromatic nitrogens is 5. The summed E-state index contributed by atoms with van der Waals surface area (Å²) in [5.41, 5.74) is 1.33. The summed E-state index contributed by atoms with van der Waals surface area (Å²) in [5.74, 6) is 0.291. The molecule has 1 amide bonds. The molecule has 2 N–H and O–H groups in total. The van der Waals surface area contributed by atoms with Gasteiger partial charge in [-0.05, 0) is 52.9 Å². The van der Waals surface area contributed by atoms with Crippen LogP contribution in [-0.2, 0) is 0 Å². The van der Waals surface area contributed by atoms with Gasteiger partial charge in [-0.1, -0.05) is 30.3 Å². The van der Waals surface area contributed by atoms with Gasteiger partial charge in [0.15, 0.2) is 5.82 Å². The van der Waals surface area contributed by atoms with Gasteiger partial charge < -0.3 is 10.3 Å². The number of hydrogen-bond acceptors (Lipinski definition) is 5. The van der Waals surface area contributed by atoms with E-state index in [0.29, 0.717) is 28.3 Å². The number of anilines is 1. The van der Waals surface area contributed by atoms with Crippen molar-refractivity contribution in [1.82, 2.24) is 25.2 Å². The van der Waals surface area contributed by atoms with E-state index < -0.39 is 0 Å². The summed E-state index contributed by atoms with van der Waals surface area (Å²) in [5, 5.41) is 16.0. The van der Waals surface area contributed by atoms with Crippen molar-refractivity contribution in [2.45, 2.75) is 18.9 Å². The molecule has 4 aromatic rings. The van der Waals surface area contributed by atoms with Crippen LogP contribution in [-0.4, -0.2) is 31.1 Å². The molecule has 2 aromatic heterocycles. The number of fused-ring (bicyclic) bond motifs is 1. The second kappa shape index (κ2) is 6.41. The molecule has 0 radical (unpaired) electrons. The van der Waals surface area contributed by atoms with Gasteiger partial charge in [-0.3, -0.25) is 9.59 Å². The van der Waals surface area contributed by atoms with Crippen molar-refractivity contribution in [3.8, 4) is 11.4 Å². The lowest BCUT2D eigenvalue weighted by atomic mass is 10.1. The minimum atomic E-state index is -0.387. The number of rotatable bonds is 4. The number of carbonyl (C=O) groups excluding carboxylic acids is 1. The highest BCUT2D eigenvalue weighted by molar-refractivity contribution is 6.04. The van der Waals surface area contributed by atoms with Crippen LogP contribution in [0.4, 0.5) is 5.69 Å². The number of carbonyl (C=O) groups is 1. The van der Waals surface area contributed by atoms with Gasteiger partial charge in [-0.25, -0.2) is 4.68 Å². The molecule has 0 aliphatic heterocycles. The first-order valence-corrected chi connectivity index (χ1v) is 9.01. The van der Waals surface area contributed by atoms with Crippen LogP contribution in [0.1, 0.15) is 29.4 Å². The lowest BCUT2D eigenvalue weighted by molar-refractivity contribution is 0.102. The molecule has 28 heavy (non-hydrogen) atoms. The van der Waals surface area contributed by atoms with Crippen molar-refractivity contribution < 1.29 is 4.79 Å². The number of nitrogens with one attached hydrogen (secondary N) is 2. The van der Waals surface area contributed by atoms with Gasteiger partial charge in [0, 0.05) is 16.6 Å². The largest absolute Gasteiger partial charge is 0.321 e. The molecule has 0 unspecified atom stereocenters. The quantitative estimate of drug-likeness (QED) is 0.573. The van der Waals surface area contributed by atoms with E-state index in [4.69, 9.17) is 0 Å². The molecule has 0 atom stereocenters. The normalized spacial score (nSPS) is 13.6. The minimum absolute atomic E-state index is 0.205. The molecule has 138 valence electrons. The maximum Gasteiger partial charge on any atom is 0.272 e. The summed E-state index contributed by atoms with van der Waals surface area (Å²) in [7, 11) is 0. The van der Waals surface area contributed by atoms with Crippen molar-refractivity contribution >= 4 is 22.4 Å². The molecule has 1 aliphatic rings. The van der Waals surface area contributed by atoms with Crippen LogP contribution in [0, 0.1) is 0 Å². The van der Waals surface area contributed by atoms with Crippen molar-refractivity contribution in [3.05, 3.63) is 70.6 Å². The van der Waals surface area contributed by atoms with Gasteiger partial charge in [0.1, 0.15) is 5.69 Å². The van der Waals surface area contributed by atoms with E-state index in [1.54, 1.807) is 30.3 Å². The summed E-state index contributed by atoms with van der Waals surface area (Å²) in [6.45, 7) is 0. The summed E-state index contributed by atoms with van der Waals surface area (Å²) in [6, 6.07) is 16.5. The van der Waals surface area contributed by atoms with Crippen molar-refractivity contribution in [3.63, 3.8) is 0 Å². The molecule has 8 nitrogen and oxygen atoms in total. The lowest BCUT2D eigenvalue weighted by Gasteiger charge is -2.08. The molecule has 1 saturated carbocycles. The molecule has 2 heterocycles. The van der Waals surface area contributed by atoms with E-state index in [9.17, 15) is 9.59 Å². The van der Waals surface area contributed by atoms with Crippen LogP contribution in [0.15, 0.2) is 59.4 Å². The first-order chi connectivity index (χ1) is 13.7. The SMILES string of the molecule is O=C(Nc1cccc(-c2nnnn2C2CC2)c1)c1cc2ccccc2c(=O)[nH]1. The molecule has 1 fully saturated rings. The fourth-order valence-electron chi connectivity index (χ4n) is 3.22. The van der Waals surface area contributed by atoms with Gasteiger partial charge in [0.25, 0.3) is 11.5 Å². The van der Waals surface area contributed by atoms with Gasteiger partial charge in [0.05, 0.1) is 6.04 Å². The number of H-pyrrole nitrogens is 1. The number of hydrogen-bond donors (Lipinski definition) is 2. The van der Waals surface area contributed by atoms with Gasteiger partial charge in [-0.2, -0.15) is 0 Å². The molecule has 5 rings (SSSR count). The number of nitrogens with zero attached hydrogens (tertiary/aromatic N) is 4. The Morgan fingerprint density at radius 3 is 2.82 bits per heavy atom. The average molecular weight is 372 g/mol. The number of amides is 1. The Balaban J connectivity index is 1.44. The molecular weight excluding hydrogens is 356 g/mol. The molecule has 2 aromatic carbocycles. The smallest absolute Gasteiger partial charge is 0.272 e. The topological polar surface area (TPSA) is 106 Å². The Morgan fingerprint density at radius 1 is 1.11 bits per heavy atom. The summed E-state index contributed by atoms with van der Waals surface area (Å²) < 4.78 is 1.82. The van der Waals surface area contributed by atoms with Crippen LogP contribution in [0.2, 0.25) is 0 Å². The number of aromatic amines is 1. The van der Waals surface area contributed by atoms with E-state index in [2.05, 4.69) is 25.8 Å². The lowest BCUT2D eigenvalue weighted by Crippen LogP contribution is -2.18. The van der Waals surface area contributed by atoms with E-state index >= 15 is 0 Å². The number of pyridine rings is 1. The number of tetrazole rings is 1. The predicted molar refractivity (Wildman–Crippen MR) is 104 cm³/mol. The molecular formula is C20H16N6O2. The first-order valence-electron chi connectivity index (χ1n) is 9.01.